The van der Waals surface area contributed by atoms with E-state index in [-0.39, 0.29) is 18.4 Å². The summed E-state index contributed by atoms with van der Waals surface area (Å²) in [6.07, 6.45) is 1.64. The molecular formula is C16H20ClNO3S. The van der Waals surface area contributed by atoms with E-state index < -0.39 is 0 Å². The van der Waals surface area contributed by atoms with Crippen molar-refractivity contribution in [2.75, 3.05) is 18.9 Å². The van der Waals surface area contributed by atoms with Gasteiger partial charge in [0.15, 0.2) is 0 Å². The number of halogens is 1. The molecule has 1 heterocycles. The van der Waals surface area contributed by atoms with Gasteiger partial charge in [0.1, 0.15) is 5.75 Å². The molecule has 0 saturated carbocycles. The van der Waals surface area contributed by atoms with Gasteiger partial charge in [0, 0.05) is 10.3 Å². The van der Waals surface area contributed by atoms with Crippen molar-refractivity contribution < 1.29 is 14.3 Å². The van der Waals surface area contributed by atoms with E-state index in [1.54, 1.807) is 12.3 Å². The molecule has 0 spiro atoms. The minimum Gasteiger partial charge on any atom is -0.494 e. The Morgan fingerprint density at radius 1 is 1.27 bits per heavy atom. The van der Waals surface area contributed by atoms with Crippen LogP contribution in [-0.2, 0) is 11.2 Å². The minimum absolute atomic E-state index is 0. The van der Waals surface area contributed by atoms with Crippen molar-refractivity contribution in [2.45, 2.75) is 19.8 Å². The number of thiophene rings is 1. The maximum atomic E-state index is 11.7. The van der Waals surface area contributed by atoms with Gasteiger partial charge in [0.2, 0.25) is 0 Å². The van der Waals surface area contributed by atoms with Crippen LogP contribution in [0.15, 0.2) is 35.7 Å². The number of benzene rings is 1. The molecule has 0 fully saturated rings. The number of esters is 1. The summed E-state index contributed by atoms with van der Waals surface area (Å²) < 4.78 is 10.6. The Labute approximate surface area is 140 Å². The van der Waals surface area contributed by atoms with Crippen molar-refractivity contribution in [3.63, 3.8) is 0 Å². The first kappa shape index (κ1) is 18.3. The fourth-order valence-electron chi connectivity index (χ4n) is 1.91. The van der Waals surface area contributed by atoms with Gasteiger partial charge >= 0.3 is 5.97 Å². The Kier molecular flexibility index (Phi) is 7.77. The Balaban J connectivity index is 0.00000242. The van der Waals surface area contributed by atoms with E-state index in [1.807, 2.05) is 30.3 Å². The second-order valence-electron chi connectivity index (χ2n) is 4.47. The lowest BCUT2D eigenvalue weighted by Gasteiger charge is -2.06. The van der Waals surface area contributed by atoms with Crippen LogP contribution in [0.25, 0.3) is 0 Å². The lowest BCUT2D eigenvalue weighted by Crippen LogP contribution is -2.07. The fraction of sp³-hybridized carbons (Fsp3) is 0.312. The number of rotatable bonds is 7. The molecule has 4 nitrogen and oxygen atoms in total. The van der Waals surface area contributed by atoms with E-state index in [4.69, 9.17) is 15.2 Å². The molecule has 0 aliphatic carbocycles. The van der Waals surface area contributed by atoms with E-state index in [1.165, 1.54) is 11.3 Å². The average molecular weight is 342 g/mol. The third-order valence-corrected chi connectivity index (χ3v) is 4.03. The van der Waals surface area contributed by atoms with E-state index >= 15 is 0 Å². The Hall–Kier alpha value is -1.72. The lowest BCUT2D eigenvalue weighted by molar-refractivity contribution is 0.0528. The number of hydrogen-bond acceptors (Lipinski definition) is 5. The number of carbonyl (C=O) groups is 1. The van der Waals surface area contributed by atoms with E-state index in [9.17, 15) is 4.79 Å². The van der Waals surface area contributed by atoms with Crippen molar-refractivity contribution in [3.05, 3.63) is 46.2 Å². The number of hydrogen-bond donors (Lipinski definition) is 1. The van der Waals surface area contributed by atoms with Crippen LogP contribution < -0.4 is 10.5 Å². The molecule has 120 valence electrons. The summed E-state index contributed by atoms with van der Waals surface area (Å²) in [6, 6.07) is 9.70. The number of aryl methyl sites for hydroxylation is 1. The summed E-state index contributed by atoms with van der Waals surface area (Å²) in [5, 5.41) is 1.76. The Bertz CT molecular complexity index is 586. The number of nitrogens with two attached hydrogens (primary N) is 1. The first-order chi connectivity index (χ1) is 10.2. The van der Waals surface area contributed by atoms with Gasteiger partial charge < -0.3 is 15.2 Å². The van der Waals surface area contributed by atoms with Crippen molar-refractivity contribution in [3.8, 4) is 5.75 Å². The predicted molar refractivity (Wildman–Crippen MR) is 92.2 cm³/mol. The number of para-hydroxylation sites is 1. The normalized spacial score (nSPS) is 9.86. The first-order valence-electron chi connectivity index (χ1n) is 6.93. The van der Waals surface area contributed by atoms with Crippen LogP contribution in [0, 0.1) is 0 Å². The van der Waals surface area contributed by atoms with Crippen LogP contribution in [0.1, 0.15) is 28.6 Å². The largest absolute Gasteiger partial charge is 0.494 e. The summed E-state index contributed by atoms with van der Waals surface area (Å²) in [4.78, 5) is 12.7. The van der Waals surface area contributed by atoms with Crippen LogP contribution in [0.4, 0.5) is 5.69 Å². The molecule has 6 heteroatoms. The number of nitrogen functional groups attached to an aromatic ring is 1. The molecular weight excluding hydrogens is 322 g/mol. The second kappa shape index (κ2) is 9.33. The summed E-state index contributed by atoms with van der Waals surface area (Å²) in [5.41, 5.74) is 7.01. The molecule has 22 heavy (non-hydrogen) atoms. The van der Waals surface area contributed by atoms with Crippen molar-refractivity contribution in [1.82, 2.24) is 0 Å². The van der Waals surface area contributed by atoms with Crippen LogP contribution in [0.3, 0.4) is 0 Å². The molecule has 0 saturated heterocycles. The summed E-state index contributed by atoms with van der Waals surface area (Å²) in [6.45, 7) is 2.76. The second-order valence-corrected chi connectivity index (χ2v) is 5.44. The van der Waals surface area contributed by atoms with E-state index in [0.29, 0.717) is 24.5 Å². The molecule has 2 aromatic rings. The molecule has 1 aromatic carbocycles. The van der Waals surface area contributed by atoms with Crippen molar-refractivity contribution >= 4 is 35.4 Å². The number of carbonyl (C=O) groups excluding carboxylic acids is 1. The van der Waals surface area contributed by atoms with Crippen molar-refractivity contribution in [1.29, 1.82) is 0 Å². The third-order valence-electron chi connectivity index (χ3n) is 2.97. The van der Waals surface area contributed by atoms with Crippen LogP contribution >= 0.6 is 23.7 Å². The molecule has 2 rings (SSSR count). The van der Waals surface area contributed by atoms with Crippen LogP contribution in [0.2, 0.25) is 0 Å². The number of anilines is 1. The van der Waals surface area contributed by atoms with Gasteiger partial charge in [-0.2, -0.15) is 0 Å². The zero-order chi connectivity index (χ0) is 15.1. The highest BCUT2D eigenvalue weighted by Gasteiger charge is 2.15. The molecule has 0 atom stereocenters. The van der Waals surface area contributed by atoms with Gasteiger partial charge in [-0.3, -0.25) is 0 Å². The Morgan fingerprint density at radius 2 is 2.00 bits per heavy atom. The van der Waals surface area contributed by atoms with Gasteiger partial charge in [0.05, 0.1) is 24.5 Å². The standard InChI is InChI=1S/C16H19NO3S.ClH/c1-2-19-16(18)13-11-21-14(15(13)17)9-6-10-20-12-7-4-3-5-8-12;/h3-5,7-8,11H,2,6,9-10,17H2,1H3;1H. The molecule has 0 aliphatic rings. The zero-order valence-corrected chi connectivity index (χ0v) is 14.0. The minimum atomic E-state index is -0.349. The number of ether oxygens (including phenoxy) is 2. The summed E-state index contributed by atoms with van der Waals surface area (Å²) in [7, 11) is 0. The van der Waals surface area contributed by atoms with E-state index in [2.05, 4.69) is 0 Å². The SMILES string of the molecule is CCOC(=O)c1csc(CCCOc2ccccc2)c1N.Cl. The molecule has 1 aromatic heterocycles. The summed E-state index contributed by atoms with van der Waals surface area (Å²) >= 11 is 1.50. The van der Waals surface area contributed by atoms with Gasteiger partial charge in [-0.05, 0) is 31.9 Å². The molecule has 2 N–H and O–H groups in total. The smallest absolute Gasteiger partial charge is 0.341 e. The average Bonchev–Trinajstić information content (AvgIpc) is 2.86. The molecule has 0 bridgehead atoms. The maximum Gasteiger partial charge on any atom is 0.341 e. The van der Waals surface area contributed by atoms with Crippen LogP contribution in [-0.4, -0.2) is 19.2 Å². The topological polar surface area (TPSA) is 61.5 Å². The molecule has 0 aliphatic heterocycles. The monoisotopic (exact) mass is 341 g/mol. The van der Waals surface area contributed by atoms with E-state index in [0.717, 1.165) is 23.5 Å². The third kappa shape index (κ3) is 4.93. The van der Waals surface area contributed by atoms with Gasteiger partial charge in [-0.1, -0.05) is 18.2 Å². The zero-order valence-electron chi connectivity index (χ0n) is 12.4. The molecule has 0 unspecified atom stereocenters. The molecule has 0 radical (unpaired) electrons. The maximum absolute atomic E-state index is 11.7. The van der Waals surface area contributed by atoms with Gasteiger partial charge in [-0.15, -0.1) is 23.7 Å². The van der Waals surface area contributed by atoms with Crippen LogP contribution in [0.5, 0.6) is 5.75 Å². The molecule has 0 amide bonds. The van der Waals surface area contributed by atoms with Gasteiger partial charge in [0.25, 0.3) is 0 Å². The fourth-order valence-corrected chi connectivity index (χ4v) is 2.89. The lowest BCUT2D eigenvalue weighted by atomic mass is 10.2. The highest BCUT2D eigenvalue weighted by atomic mass is 35.5. The quantitative estimate of drug-likeness (QED) is 0.612. The predicted octanol–water partition coefficient (Wildman–Crippen LogP) is 3.94. The Morgan fingerprint density at radius 3 is 2.68 bits per heavy atom. The van der Waals surface area contributed by atoms with Crippen molar-refractivity contribution in [2.24, 2.45) is 0 Å². The first-order valence-corrected chi connectivity index (χ1v) is 7.81. The summed E-state index contributed by atoms with van der Waals surface area (Å²) in [5.74, 6) is 0.516. The highest BCUT2D eigenvalue weighted by molar-refractivity contribution is 7.10. The van der Waals surface area contributed by atoms with Gasteiger partial charge in [-0.25, -0.2) is 4.79 Å². The highest BCUT2D eigenvalue weighted by Crippen LogP contribution is 2.27.